The SMILES string of the molecule is C/C=C(\Nc1ccc(C)cc1N(C)S(=O)(=O)c1cccs1)C(N)=O. The number of nitrogens with one attached hydrogen (secondary N) is 1. The highest BCUT2D eigenvalue weighted by molar-refractivity contribution is 7.94. The van der Waals surface area contributed by atoms with E-state index in [2.05, 4.69) is 5.32 Å². The fourth-order valence-corrected chi connectivity index (χ4v) is 4.47. The Morgan fingerprint density at radius 2 is 2.04 bits per heavy atom. The largest absolute Gasteiger partial charge is 0.364 e. The number of allylic oxidation sites excluding steroid dienone is 1. The van der Waals surface area contributed by atoms with Crippen molar-refractivity contribution in [3.8, 4) is 0 Å². The number of primary amides is 1. The van der Waals surface area contributed by atoms with Crippen molar-refractivity contribution >= 4 is 38.6 Å². The molecule has 3 N–H and O–H groups in total. The number of anilines is 2. The number of benzene rings is 1. The number of rotatable bonds is 6. The zero-order valence-electron chi connectivity index (χ0n) is 13.6. The van der Waals surface area contributed by atoms with Crippen molar-refractivity contribution in [1.82, 2.24) is 0 Å². The third-order valence-corrected chi connectivity index (χ3v) is 6.57. The highest BCUT2D eigenvalue weighted by Crippen LogP contribution is 2.32. The number of nitrogens with zero attached hydrogens (tertiary/aromatic N) is 1. The van der Waals surface area contributed by atoms with Gasteiger partial charge >= 0.3 is 0 Å². The molecule has 0 saturated carbocycles. The Hall–Kier alpha value is -2.32. The number of sulfonamides is 1. The lowest BCUT2D eigenvalue weighted by Crippen LogP contribution is -2.27. The molecule has 0 aliphatic rings. The van der Waals surface area contributed by atoms with E-state index in [0.717, 1.165) is 16.9 Å². The van der Waals surface area contributed by atoms with E-state index in [0.29, 0.717) is 11.4 Å². The molecule has 0 bridgehead atoms. The van der Waals surface area contributed by atoms with Crippen molar-refractivity contribution in [3.63, 3.8) is 0 Å². The smallest absolute Gasteiger partial charge is 0.273 e. The minimum atomic E-state index is -3.67. The van der Waals surface area contributed by atoms with Crippen molar-refractivity contribution in [2.45, 2.75) is 18.1 Å². The lowest BCUT2D eigenvalue weighted by atomic mass is 10.2. The van der Waals surface area contributed by atoms with Gasteiger partial charge < -0.3 is 11.1 Å². The number of thiophene rings is 1. The first-order valence-corrected chi connectivity index (χ1v) is 9.45. The molecule has 6 nitrogen and oxygen atoms in total. The third-order valence-electron chi connectivity index (χ3n) is 3.43. The number of carbonyl (C=O) groups is 1. The second kappa shape index (κ2) is 7.06. The van der Waals surface area contributed by atoms with Crippen molar-refractivity contribution in [2.24, 2.45) is 5.73 Å². The van der Waals surface area contributed by atoms with Crippen molar-refractivity contribution in [3.05, 3.63) is 53.0 Å². The Balaban J connectivity index is 2.50. The van der Waals surface area contributed by atoms with Gasteiger partial charge in [0.1, 0.15) is 4.21 Å². The molecule has 0 fully saturated rings. The quantitative estimate of drug-likeness (QED) is 0.770. The maximum absolute atomic E-state index is 12.7. The Bertz CT molecular complexity index is 872. The minimum Gasteiger partial charge on any atom is -0.364 e. The predicted molar refractivity (Wildman–Crippen MR) is 97.7 cm³/mol. The number of aryl methyl sites for hydroxylation is 1. The second-order valence-corrected chi connectivity index (χ2v) is 8.26. The molecule has 1 aromatic heterocycles. The van der Waals surface area contributed by atoms with Gasteiger partial charge in [-0.3, -0.25) is 9.10 Å². The molecular formula is C16H19N3O3S2. The Labute approximate surface area is 145 Å². The summed E-state index contributed by atoms with van der Waals surface area (Å²) in [7, 11) is -2.19. The molecule has 0 unspecified atom stereocenters. The highest BCUT2D eigenvalue weighted by atomic mass is 32.2. The molecule has 24 heavy (non-hydrogen) atoms. The summed E-state index contributed by atoms with van der Waals surface area (Å²) in [4.78, 5) is 11.4. The van der Waals surface area contributed by atoms with Crippen LogP contribution in [0.1, 0.15) is 12.5 Å². The van der Waals surface area contributed by atoms with Gasteiger partial charge in [0.05, 0.1) is 17.1 Å². The number of carbonyl (C=O) groups excluding carboxylic acids is 1. The van der Waals surface area contributed by atoms with Crippen LogP contribution in [0.5, 0.6) is 0 Å². The van der Waals surface area contributed by atoms with Crippen LogP contribution in [0.4, 0.5) is 11.4 Å². The third kappa shape index (κ3) is 3.60. The maximum Gasteiger partial charge on any atom is 0.273 e. The molecule has 0 aliphatic heterocycles. The molecule has 1 amide bonds. The number of nitrogens with two attached hydrogens (primary N) is 1. The Morgan fingerprint density at radius 3 is 2.58 bits per heavy atom. The predicted octanol–water partition coefficient (Wildman–Crippen LogP) is 2.68. The van der Waals surface area contributed by atoms with Crippen LogP contribution in [0.15, 0.2) is 51.7 Å². The molecule has 0 saturated heterocycles. The first-order valence-electron chi connectivity index (χ1n) is 7.13. The van der Waals surface area contributed by atoms with Crippen LogP contribution in [0, 0.1) is 6.92 Å². The summed E-state index contributed by atoms with van der Waals surface area (Å²) in [5, 5.41) is 4.62. The fraction of sp³-hybridized carbons (Fsp3) is 0.188. The van der Waals surface area contributed by atoms with E-state index in [-0.39, 0.29) is 9.91 Å². The summed E-state index contributed by atoms with van der Waals surface area (Å²) >= 11 is 1.15. The monoisotopic (exact) mass is 365 g/mol. The van der Waals surface area contributed by atoms with E-state index in [9.17, 15) is 13.2 Å². The van der Waals surface area contributed by atoms with Gasteiger partial charge in [-0.1, -0.05) is 18.2 Å². The van der Waals surface area contributed by atoms with Crippen LogP contribution in [-0.2, 0) is 14.8 Å². The lowest BCUT2D eigenvalue weighted by Gasteiger charge is -2.23. The molecule has 1 aromatic carbocycles. The molecule has 2 aromatic rings. The van der Waals surface area contributed by atoms with Crippen LogP contribution in [0.3, 0.4) is 0 Å². The fourth-order valence-electron chi connectivity index (χ4n) is 2.10. The van der Waals surface area contributed by atoms with Crippen LogP contribution < -0.4 is 15.4 Å². The van der Waals surface area contributed by atoms with Crippen molar-refractivity contribution in [2.75, 3.05) is 16.7 Å². The van der Waals surface area contributed by atoms with Crippen molar-refractivity contribution < 1.29 is 13.2 Å². The average Bonchev–Trinajstić information content (AvgIpc) is 3.07. The lowest BCUT2D eigenvalue weighted by molar-refractivity contribution is -0.114. The van der Waals surface area contributed by atoms with Gasteiger partial charge in [-0.2, -0.15) is 0 Å². The Morgan fingerprint density at radius 1 is 1.33 bits per heavy atom. The van der Waals surface area contributed by atoms with E-state index in [4.69, 9.17) is 5.73 Å². The standard InChI is InChI=1S/C16H19N3O3S2/c1-4-12(16(17)20)18-13-8-7-11(2)10-14(13)19(3)24(21,22)15-6-5-9-23-15/h4-10,18H,1-3H3,(H2,17,20)/b12-4-. The summed E-state index contributed by atoms with van der Waals surface area (Å²) in [6, 6.07) is 8.52. The van der Waals surface area contributed by atoms with E-state index >= 15 is 0 Å². The van der Waals surface area contributed by atoms with E-state index < -0.39 is 15.9 Å². The first-order chi connectivity index (χ1) is 11.3. The van der Waals surface area contributed by atoms with E-state index in [1.54, 1.807) is 42.6 Å². The molecule has 2 rings (SSSR count). The summed E-state index contributed by atoms with van der Waals surface area (Å²) < 4.78 is 26.9. The van der Waals surface area contributed by atoms with Gasteiger partial charge in [0.25, 0.3) is 15.9 Å². The van der Waals surface area contributed by atoms with E-state index in [1.807, 2.05) is 13.0 Å². The molecule has 8 heteroatoms. The molecule has 128 valence electrons. The zero-order valence-corrected chi connectivity index (χ0v) is 15.2. The highest BCUT2D eigenvalue weighted by Gasteiger charge is 2.24. The van der Waals surface area contributed by atoms with Gasteiger partial charge in [0.2, 0.25) is 0 Å². The molecular weight excluding hydrogens is 346 g/mol. The van der Waals surface area contributed by atoms with Crippen LogP contribution in [0.2, 0.25) is 0 Å². The van der Waals surface area contributed by atoms with Crippen molar-refractivity contribution in [1.29, 1.82) is 0 Å². The minimum absolute atomic E-state index is 0.196. The summed E-state index contributed by atoms with van der Waals surface area (Å²) in [5.41, 5.74) is 7.32. The summed E-state index contributed by atoms with van der Waals surface area (Å²) in [6.07, 6.45) is 1.54. The van der Waals surface area contributed by atoms with Gasteiger partial charge in [0, 0.05) is 7.05 Å². The molecule has 0 atom stereocenters. The van der Waals surface area contributed by atoms with Gasteiger partial charge in [-0.05, 0) is 43.0 Å². The average molecular weight is 365 g/mol. The number of hydrogen-bond donors (Lipinski definition) is 2. The number of hydrogen-bond acceptors (Lipinski definition) is 5. The Kier molecular flexibility index (Phi) is 5.30. The maximum atomic E-state index is 12.7. The molecule has 0 spiro atoms. The molecule has 0 radical (unpaired) electrons. The van der Waals surface area contributed by atoms with Gasteiger partial charge in [-0.15, -0.1) is 11.3 Å². The summed E-state index contributed by atoms with van der Waals surface area (Å²) in [6.45, 7) is 3.54. The van der Waals surface area contributed by atoms with E-state index in [1.165, 1.54) is 11.4 Å². The van der Waals surface area contributed by atoms with Gasteiger partial charge in [-0.25, -0.2) is 8.42 Å². The van der Waals surface area contributed by atoms with Crippen LogP contribution >= 0.6 is 11.3 Å². The second-order valence-electron chi connectivity index (χ2n) is 5.12. The zero-order chi connectivity index (χ0) is 17.9. The molecule has 0 aliphatic carbocycles. The first kappa shape index (κ1) is 18.0. The summed E-state index contributed by atoms with van der Waals surface area (Å²) in [5.74, 6) is -0.618. The van der Waals surface area contributed by atoms with Crippen LogP contribution in [0.25, 0.3) is 0 Å². The number of amides is 1. The normalized spacial score (nSPS) is 12.0. The van der Waals surface area contributed by atoms with Gasteiger partial charge in [0.15, 0.2) is 0 Å². The topological polar surface area (TPSA) is 92.5 Å². The molecule has 1 heterocycles. The van der Waals surface area contributed by atoms with Crippen LogP contribution in [-0.4, -0.2) is 21.4 Å².